The second-order valence-electron chi connectivity index (χ2n) is 4.80. The number of rotatable bonds is 5. The van der Waals surface area contributed by atoms with Crippen LogP contribution in [0.5, 0.6) is 0 Å². The minimum absolute atomic E-state index is 0.0799. The van der Waals surface area contributed by atoms with E-state index in [4.69, 9.17) is 4.84 Å². The Morgan fingerprint density at radius 2 is 2.00 bits per heavy atom. The van der Waals surface area contributed by atoms with Crippen molar-refractivity contribution in [2.45, 2.75) is 37.2 Å². The van der Waals surface area contributed by atoms with E-state index in [1.54, 1.807) is 0 Å². The van der Waals surface area contributed by atoms with Gasteiger partial charge < -0.3 is 0 Å². The fraction of sp³-hybridized carbons (Fsp3) is 0.538. The standard InChI is InChI=1S/C13H19NO3S/c1-18(15,16)13-9-5-8-12(13)14-17-10-11-6-3-2-4-7-11/h2-4,6-7,12-14H,5,8-10H2,1H3. The lowest BCUT2D eigenvalue weighted by Crippen LogP contribution is -2.39. The molecule has 0 saturated heterocycles. The Morgan fingerprint density at radius 3 is 2.67 bits per heavy atom. The number of hydrogen-bond acceptors (Lipinski definition) is 4. The van der Waals surface area contributed by atoms with Crippen molar-refractivity contribution in [3.05, 3.63) is 35.9 Å². The van der Waals surface area contributed by atoms with Crippen LogP contribution >= 0.6 is 0 Å². The van der Waals surface area contributed by atoms with Crippen molar-refractivity contribution in [3.8, 4) is 0 Å². The van der Waals surface area contributed by atoms with Gasteiger partial charge in [-0.2, -0.15) is 5.48 Å². The average molecular weight is 269 g/mol. The SMILES string of the molecule is CS(=O)(=O)C1CCCC1NOCc1ccccc1. The van der Waals surface area contributed by atoms with Crippen LogP contribution in [0.15, 0.2) is 30.3 Å². The third-order valence-corrected chi connectivity index (χ3v) is 4.98. The van der Waals surface area contributed by atoms with Gasteiger partial charge in [-0.05, 0) is 18.4 Å². The Morgan fingerprint density at radius 1 is 1.28 bits per heavy atom. The van der Waals surface area contributed by atoms with Gasteiger partial charge in [0.2, 0.25) is 0 Å². The summed E-state index contributed by atoms with van der Waals surface area (Å²) in [5.41, 5.74) is 3.98. The molecule has 0 aromatic heterocycles. The molecule has 2 rings (SSSR count). The summed E-state index contributed by atoms with van der Waals surface area (Å²) in [4.78, 5) is 5.41. The first-order chi connectivity index (χ1) is 8.57. The number of hydroxylamine groups is 1. The summed E-state index contributed by atoms with van der Waals surface area (Å²) in [6.45, 7) is 0.452. The second-order valence-corrected chi connectivity index (χ2v) is 7.06. The number of sulfone groups is 1. The molecule has 2 unspecified atom stereocenters. The Kier molecular flexibility index (Phi) is 4.37. The van der Waals surface area contributed by atoms with E-state index in [0.29, 0.717) is 6.61 Å². The van der Waals surface area contributed by atoms with Crippen LogP contribution < -0.4 is 5.48 Å². The minimum Gasteiger partial charge on any atom is -0.297 e. The summed E-state index contributed by atoms with van der Waals surface area (Å²) in [5.74, 6) is 0. The highest BCUT2D eigenvalue weighted by Gasteiger charge is 2.34. The van der Waals surface area contributed by atoms with Gasteiger partial charge >= 0.3 is 0 Å². The fourth-order valence-electron chi connectivity index (χ4n) is 2.38. The maximum Gasteiger partial charge on any atom is 0.151 e. The van der Waals surface area contributed by atoms with Gasteiger partial charge in [-0.25, -0.2) is 8.42 Å². The van der Waals surface area contributed by atoms with Crippen LogP contribution in [0.25, 0.3) is 0 Å². The molecule has 4 nitrogen and oxygen atoms in total. The average Bonchev–Trinajstić information content (AvgIpc) is 2.78. The third-order valence-electron chi connectivity index (χ3n) is 3.32. The van der Waals surface area contributed by atoms with Gasteiger partial charge in [-0.3, -0.25) is 4.84 Å². The monoisotopic (exact) mass is 269 g/mol. The Bertz CT molecular complexity index is 472. The molecule has 0 amide bonds. The molecule has 1 N–H and O–H groups in total. The summed E-state index contributed by atoms with van der Waals surface area (Å²) >= 11 is 0. The lowest BCUT2D eigenvalue weighted by atomic mass is 10.2. The predicted molar refractivity (Wildman–Crippen MR) is 70.6 cm³/mol. The third kappa shape index (κ3) is 3.54. The molecule has 0 aliphatic heterocycles. The van der Waals surface area contributed by atoms with E-state index in [0.717, 1.165) is 24.8 Å². The molecule has 1 aliphatic rings. The zero-order valence-electron chi connectivity index (χ0n) is 10.5. The zero-order valence-corrected chi connectivity index (χ0v) is 11.3. The second kappa shape index (κ2) is 5.82. The molecule has 0 radical (unpaired) electrons. The molecule has 0 bridgehead atoms. The minimum atomic E-state index is -2.99. The van der Waals surface area contributed by atoms with Gasteiger partial charge in [0.1, 0.15) is 0 Å². The number of hydrogen-bond donors (Lipinski definition) is 1. The summed E-state index contributed by atoms with van der Waals surface area (Å²) in [6, 6.07) is 9.73. The van der Waals surface area contributed by atoms with Crippen LogP contribution in [-0.2, 0) is 21.3 Å². The summed E-state index contributed by atoms with van der Waals surface area (Å²) in [7, 11) is -2.99. The van der Waals surface area contributed by atoms with Gasteiger partial charge in [-0.1, -0.05) is 36.8 Å². The van der Waals surface area contributed by atoms with Crippen molar-refractivity contribution in [2.75, 3.05) is 6.26 Å². The molecule has 1 fully saturated rings. The summed E-state index contributed by atoms with van der Waals surface area (Å²) in [5, 5.41) is -0.312. The van der Waals surface area contributed by atoms with E-state index in [9.17, 15) is 8.42 Å². The van der Waals surface area contributed by atoms with Crippen LogP contribution in [0.4, 0.5) is 0 Å². The Labute approximate surface area is 108 Å². The molecule has 1 aliphatic carbocycles. The lowest BCUT2D eigenvalue weighted by Gasteiger charge is -2.19. The maximum absolute atomic E-state index is 11.6. The van der Waals surface area contributed by atoms with Crippen LogP contribution in [0, 0.1) is 0 Å². The van der Waals surface area contributed by atoms with E-state index in [1.165, 1.54) is 6.26 Å². The lowest BCUT2D eigenvalue weighted by molar-refractivity contribution is 0.00577. The van der Waals surface area contributed by atoms with E-state index in [2.05, 4.69) is 5.48 Å². The van der Waals surface area contributed by atoms with E-state index >= 15 is 0 Å². The fourth-order valence-corrected chi connectivity index (χ4v) is 3.76. The molecule has 1 aromatic carbocycles. The molecule has 5 heteroatoms. The number of nitrogens with one attached hydrogen (secondary N) is 1. The first-order valence-corrected chi connectivity index (χ1v) is 8.13. The van der Waals surface area contributed by atoms with Crippen LogP contribution in [0.2, 0.25) is 0 Å². The smallest absolute Gasteiger partial charge is 0.151 e. The highest BCUT2D eigenvalue weighted by Crippen LogP contribution is 2.25. The van der Waals surface area contributed by atoms with Crippen LogP contribution in [0.3, 0.4) is 0 Å². The van der Waals surface area contributed by atoms with Crippen molar-refractivity contribution < 1.29 is 13.3 Å². The molecular formula is C13H19NO3S. The Balaban J connectivity index is 1.83. The zero-order chi connectivity index (χ0) is 13.0. The molecule has 2 atom stereocenters. The van der Waals surface area contributed by atoms with Gasteiger partial charge in [0, 0.05) is 12.3 Å². The molecular weight excluding hydrogens is 250 g/mol. The van der Waals surface area contributed by atoms with Crippen molar-refractivity contribution in [2.24, 2.45) is 0 Å². The molecule has 1 aromatic rings. The molecule has 0 heterocycles. The molecule has 18 heavy (non-hydrogen) atoms. The normalized spacial score (nSPS) is 24.3. The molecule has 100 valence electrons. The highest BCUT2D eigenvalue weighted by atomic mass is 32.2. The largest absolute Gasteiger partial charge is 0.297 e. The van der Waals surface area contributed by atoms with Gasteiger partial charge in [0.15, 0.2) is 9.84 Å². The summed E-state index contributed by atoms with van der Waals surface area (Å²) in [6.07, 6.45) is 3.82. The van der Waals surface area contributed by atoms with Gasteiger partial charge in [-0.15, -0.1) is 0 Å². The quantitative estimate of drug-likeness (QED) is 0.826. The van der Waals surface area contributed by atoms with Gasteiger partial charge in [0.05, 0.1) is 11.9 Å². The van der Waals surface area contributed by atoms with Crippen molar-refractivity contribution >= 4 is 9.84 Å². The van der Waals surface area contributed by atoms with E-state index in [-0.39, 0.29) is 11.3 Å². The maximum atomic E-state index is 11.6. The topological polar surface area (TPSA) is 55.4 Å². The molecule has 0 spiro atoms. The van der Waals surface area contributed by atoms with Gasteiger partial charge in [0.25, 0.3) is 0 Å². The van der Waals surface area contributed by atoms with Crippen LogP contribution in [-0.4, -0.2) is 26.0 Å². The summed E-state index contributed by atoms with van der Waals surface area (Å²) < 4.78 is 23.2. The number of benzene rings is 1. The highest BCUT2D eigenvalue weighted by molar-refractivity contribution is 7.91. The first kappa shape index (κ1) is 13.5. The first-order valence-electron chi connectivity index (χ1n) is 6.17. The van der Waals surface area contributed by atoms with Crippen molar-refractivity contribution in [3.63, 3.8) is 0 Å². The van der Waals surface area contributed by atoms with Crippen LogP contribution in [0.1, 0.15) is 24.8 Å². The Hall–Kier alpha value is -0.910. The van der Waals surface area contributed by atoms with Crippen molar-refractivity contribution in [1.82, 2.24) is 5.48 Å². The molecule has 1 saturated carbocycles. The van der Waals surface area contributed by atoms with Crippen molar-refractivity contribution in [1.29, 1.82) is 0 Å². The van der Waals surface area contributed by atoms with E-state index < -0.39 is 9.84 Å². The predicted octanol–water partition coefficient (Wildman–Crippen LogP) is 1.67. The van der Waals surface area contributed by atoms with E-state index in [1.807, 2.05) is 30.3 Å².